The fourth-order valence-corrected chi connectivity index (χ4v) is 6.32. The Labute approximate surface area is 202 Å². The highest BCUT2D eigenvalue weighted by Gasteiger charge is 2.40. The van der Waals surface area contributed by atoms with Crippen LogP contribution in [0, 0.1) is 11.3 Å². The number of hydrogen-bond donors (Lipinski definition) is 2. The van der Waals surface area contributed by atoms with Gasteiger partial charge in [-0.3, -0.25) is 19.7 Å². The number of imide groups is 1. The van der Waals surface area contributed by atoms with E-state index in [0.717, 1.165) is 31.6 Å². The van der Waals surface area contributed by atoms with Crippen LogP contribution >= 0.6 is 0 Å². The smallest absolute Gasteiger partial charge is 0.255 e. The fourth-order valence-electron chi connectivity index (χ4n) is 6.32. The predicted octanol–water partition coefficient (Wildman–Crippen LogP) is 2.95. The molecule has 0 aromatic heterocycles. The van der Waals surface area contributed by atoms with Gasteiger partial charge in [0.25, 0.3) is 5.91 Å². The predicted molar refractivity (Wildman–Crippen MR) is 128 cm³/mol. The molecular weight excluding hydrogens is 430 g/mol. The molecular formula is C27H37N3O4. The molecule has 7 nitrogen and oxygen atoms in total. The lowest BCUT2D eigenvalue weighted by molar-refractivity contribution is -0.136. The Morgan fingerprint density at radius 1 is 1.12 bits per heavy atom. The Kier molecular flexibility index (Phi) is 6.51. The molecule has 0 spiro atoms. The number of nitrogens with zero attached hydrogens (tertiary/aromatic N) is 1. The van der Waals surface area contributed by atoms with E-state index in [1.807, 2.05) is 6.07 Å². The zero-order valence-electron chi connectivity index (χ0n) is 20.4. The van der Waals surface area contributed by atoms with Crippen LogP contribution in [0.2, 0.25) is 0 Å². The maximum absolute atomic E-state index is 13.0. The molecule has 1 aromatic carbocycles. The summed E-state index contributed by atoms with van der Waals surface area (Å²) in [6.45, 7) is 6.68. The van der Waals surface area contributed by atoms with E-state index in [9.17, 15) is 14.4 Å². The molecule has 3 aliphatic heterocycles. The zero-order valence-corrected chi connectivity index (χ0v) is 20.4. The van der Waals surface area contributed by atoms with Crippen LogP contribution in [0.3, 0.4) is 0 Å². The summed E-state index contributed by atoms with van der Waals surface area (Å²) in [6.07, 6.45) is 7.72. The molecule has 184 valence electrons. The maximum Gasteiger partial charge on any atom is 0.255 e. The topological polar surface area (TPSA) is 87.7 Å². The molecule has 1 aliphatic carbocycles. The second kappa shape index (κ2) is 9.42. The van der Waals surface area contributed by atoms with Gasteiger partial charge in [0.15, 0.2) is 0 Å². The average molecular weight is 468 g/mol. The highest BCUT2D eigenvalue weighted by atomic mass is 16.5. The third kappa shape index (κ3) is 4.65. The minimum absolute atomic E-state index is 0.102. The summed E-state index contributed by atoms with van der Waals surface area (Å²) in [5.74, 6) is -0.138. The first-order valence-corrected chi connectivity index (χ1v) is 12.9. The van der Waals surface area contributed by atoms with E-state index in [1.54, 1.807) is 4.90 Å². The van der Waals surface area contributed by atoms with E-state index in [2.05, 4.69) is 36.6 Å². The van der Waals surface area contributed by atoms with E-state index in [1.165, 1.54) is 31.2 Å². The van der Waals surface area contributed by atoms with Crippen LogP contribution < -0.4 is 10.6 Å². The van der Waals surface area contributed by atoms with Gasteiger partial charge in [0, 0.05) is 42.6 Å². The summed E-state index contributed by atoms with van der Waals surface area (Å²) in [4.78, 5) is 38.5. The molecule has 34 heavy (non-hydrogen) atoms. The van der Waals surface area contributed by atoms with Gasteiger partial charge in [-0.1, -0.05) is 38.8 Å². The van der Waals surface area contributed by atoms with Crippen molar-refractivity contribution in [2.24, 2.45) is 11.3 Å². The number of fused-ring (bicyclic) bond motifs is 1. The monoisotopic (exact) mass is 467 g/mol. The van der Waals surface area contributed by atoms with Crippen molar-refractivity contribution in [1.29, 1.82) is 0 Å². The summed E-state index contributed by atoms with van der Waals surface area (Å²) in [5, 5.41) is 6.40. The van der Waals surface area contributed by atoms with E-state index < -0.39 is 6.04 Å². The third-order valence-electron chi connectivity index (χ3n) is 8.38. The van der Waals surface area contributed by atoms with Crippen molar-refractivity contribution >= 4 is 17.7 Å². The molecule has 0 bridgehead atoms. The van der Waals surface area contributed by atoms with Crippen molar-refractivity contribution in [3.63, 3.8) is 0 Å². The number of amides is 3. The molecule has 2 N–H and O–H groups in total. The van der Waals surface area contributed by atoms with Gasteiger partial charge in [0.2, 0.25) is 11.8 Å². The minimum Gasteiger partial charge on any atom is -0.381 e. The normalized spacial score (nSPS) is 31.4. The number of carbonyl (C=O) groups excluding carboxylic acids is 3. The first-order valence-electron chi connectivity index (χ1n) is 12.9. The Morgan fingerprint density at radius 3 is 2.74 bits per heavy atom. The van der Waals surface area contributed by atoms with Gasteiger partial charge < -0.3 is 15.0 Å². The molecule has 3 fully saturated rings. The van der Waals surface area contributed by atoms with Crippen molar-refractivity contribution < 1.29 is 19.1 Å². The van der Waals surface area contributed by atoms with E-state index in [0.29, 0.717) is 36.5 Å². The quantitative estimate of drug-likeness (QED) is 0.650. The van der Waals surface area contributed by atoms with Crippen LogP contribution in [-0.4, -0.2) is 54.0 Å². The largest absolute Gasteiger partial charge is 0.381 e. The van der Waals surface area contributed by atoms with Gasteiger partial charge in [-0.25, -0.2) is 0 Å². The number of rotatable bonds is 5. The van der Waals surface area contributed by atoms with Gasteiger partial charge in [-0.05, 0) is 55.2 Å². The number of hydrogen-bond acceptors (Lipinski definition) is 5. The molecule has 4 aliphatic rings. The molecule has 2 unspecified atom stereocenters. The van der Waals surface area contributed by atoms with Crippen molar-refractivity contribution in [2.45, 2.75) is 89.9 Å². The van der Waals surface area contributed by atoms with Gasteiger partial charge in [0.1, 0.15) is 6.04 Å². The van der Waals surface area contributed by atoms with Crippen molar-refractivity contribution in [3.8, 4) is 0 Å². The maximum atomic E-state index is 13.0. The zero-order chi connectivity index (χ0) is 23.9. The minimum atomic E-state index is -0.559. The lowest BCUT2D eigenvalue weighted by Crippen LogP contribution is -2.54. The average Bonchev–Trinajstić information content (AvgIpc) is 3.12. The standard InChI is InChI=1S/C27H37N3O4/c1-27(2)16-34-12-11-23(27)28-21-6-4-3-5-18(21)13-17-7-8-20-19(14-17)15-30(26(20)33)22-9-10-24(31)29-25(22)32/h7-8,14,18,21-23,28H,3-6,9-13,15-16H2,1-2H3,(H,29,31,32)/t18-,21?,22?,23+/m1/s1. The number of piperidine rings is 1. The Bertz CT molecular complexity index is 975. The van der Waals surface area contributed by atoms with E-state index in [4.69, 9.17) is 4.74 Å². The second-order valence-corrected chi connectivity index (χ2v) is 11.3. The number of nitrogens with one attached hydrogen (secondary N) is 2. The Hall–Kier alpha value is -2.25. The molecule has 2 saturated heterocycles. The molecule has 0 radical (unpaired) electrons. The highest BCUT2D eigenvalue weighted by Crippen LogP contribution is 2.34. The second-order valence-electron chi connectivity index (χ2n) is 11.3. The van der Waals surface area contributed by atoms with Crippen LogP contribution in [0.15, 0.2) is 18.2 Å². The molecule has 3 heterocycles. The van der Waals surface area contributed by atoms with Crippen LogP contribution in [0.25, 0.3) is 0 Å². The van der Waals surface area contributed by atoms with Crippen LogP contribution in [0.1, 0.15) is 80.3 Å². The van der Waals surface area contributed by atoms with Gasteiger partial charge in [0.05, 0.1) is 6.61 Å². The summed E-state index contributed by atoms with van der Waals surface area (Å²) >= 11 is 0. The molecule has 3 amide bonds. The van der Waals surface area contributed by atoms with Crippen LogP contribution in [0.5, 0.6) is 0 Å². The van der Waals surface area contributed by atoms with Gasteiger partial charge in [-0.15, -0.1) is 0 Å². The number of carbonyl (C=O) groups is 3. The summed E-state index contributed by atoms with van der Waals surface area (Å²) in [7, 11) is 0. The summed E-state index contributed by atoms with van der Waals surface area (Å²) in [6, 6.07) is 6.62. The Balaban J connectivity index is 1.27. The molecule has 5 rings (SSSR count). The molecule has 4 atom stereocenters. The summed E-state index contributed by atoms with van der Waals surface area (Å²) in [5.41, 5.74) is 3.10. The van der Waals surface area contributed by atoms with Gasteiger partial charge >= 0.3 is 0 Å². The summed E-state index contributed by atoms with van der Waals surface area (Å²) < 4.78 is 5.73. The van der Waals surface area contributed by atoms with Crippen molar-refractivity contribution in [2.75, 3.05) is 13.2 Å². The van der Waals surface area contributed by atoms with Gasteiger partial charge in [-0.2, -0.15) is 0 Å². The SMILES string of the molecule is CC1(C)COCC[C@@H]1NC1CCCC[C@@H]1Cc1ccc2c(c1)CN(C1CCC(=O)NC1=O)C2=O. The molecule has 7 heteroatoms. The lowest BCUT2D eigenvalue weighted by Gasteiger charge is -2.43. The Morgan fingerprint density at radius 2 is 1.94 bits per heavy atom. The van der Waals surface area contributed by atoms with Crippen LogP contribution in [0.4, 0.5) is 0 Å². The van der Waals surface area contributed by atoms with E-state index >= 15 is 0 Å². The first-order chi connectivity index (χ1) is 16.3. The highest BCUT2D eigenvalue weighted by molar-refractivity contribution is 6.05. The van der Waals surface area contributed by atoms with E-state index in [-0.39, 0.29) is 29.6 Å². The molecule has 1 saturated carbocycles. The number of benzene rings is 1. The van der Waals surface area contributed by atoms with Crippen molar-refractivity contribution in [3.05, 3.63) is 34.9 Å². The van der Waals surface area contributed by atoms with Crippen LogP contribution in [-0.2, 0) is 27.3 Å². The lowest BCUT2D eigenvalue weighted by atomic mass is 9.77. The van der Waals surface area contributed by atoms with Crippen molar-refractivity contribution in [1.82, 2.24) is 15.5 Å². The molecule has 1 aromatic rings. The third-order valence-corrected chi connectivity index (χ3v) is 8.38. The fraction of sp³-hybridized carbons (Fsp3) is 0.667. The number of ether oxygens (including phenoxy) is 1. The first kappa shape index (κ1) is 23.5.